The van der Waals surface area contributed by atoms with Gasteiger partial charge in [0.1, 0.15) is 6.04 Å². The van der Waals surface area contributed by atoms with Crippen molar-refractivity contribution >= 4 is 28.7 Å². The van der Waals surface area contributed by atoms with Gasteiger partial charge in [0.2, 0.25) is 11.8 Å². The number of aromatic amines is 1. The molecule has 2 aromatic carbocycles. The molecule has 5 N–H and O–H groups in total. The van der Waals surface area contributed by atoms with E-state index in [2.05, 4.69) is 27.8 Å². The highest BCUT2D eigenvalue weighted by atomic mass is 16.2. The van der Waals surface area contributed by atoms with Crippen LogP contribution < -0.4 is 16.4 Å². The zero-order valence-corrected chi connectivity index (χ0v) is 25.4. The number of nitrogens with one attached hydrogen (secondary N) is 3. The zero-order valence-electron chi connectivity index (χ0n) is 25.4. The Bertz CT molecular complexity index is 1470. The number of piperidine rings is 1. The normalized spacial score (nSPS) is 19.3. The molecule has 0 radical (unpaired) electrons. The fraction of sp³-hybridized carbons (Fsp3) is 0.485. The summed E-state index contributed by atoms with van der Waals surface area (Å²) in [5.74, 6) is -0.425. The molecule has 3 atom stereocenters. The van der Waals surface area contributed by atoms with Crippen molar-refractivity contribution in [3.05, 3.63) is 71.4 Å². The number of aromatic nitrogens is 1. The Morgan fingerprint density at radius 2 is 1.76 bits per heavy atom. The highest BCUT2D eigenvalue weighted by Crippen LogP contribution is 2.52. The van der Waals surface area contributed by atoms with Gasteiger partial charge in [-0.05, 0) is 55.9 Å². The second-order valence-electron chi connectivity index (χ2n) is 12.9. The van der Waals surface area contributed by atoms with Gasteiger partial charge in [0.25, 0.3) is 0 Å². The lowest BCUT2D eigenvalue weighted by atomic mass is 9.73. The lowest BCUT2D eigenvalue weighted by Crippen LogP contribution is -2.59. The molecule has 1 aliphatic heterocycles. The second kappa shape index (κ2) is 11.4. The van der Waals surface area contributed by atoms with Gasteiger partial charge >= 0.3 is 6.03 Å². The summed E-state index contributed by atoms with van der Waals surface area (Å²) >= 11 is 0. The Hall–Kier alpha value is -3.85. The monoisotopic (exact) mass is 572 g/mol. The number of para-hydroxylation sites is 1. The maximum Gasteiger partial charge on any atom is 0.315 e. The molecule has 224 valence electrons. The number of urea groups is 1. The Balaban J connectivity index is 1.38. The predicted octanol–water partition coefficient (Wildman–Crippen LogP) is 3.81. The van der Waals surface area contributed by atoms with Crippen molar-refractivity contribution in [3.63, 3.8) is 0 Å². The second-order valence-corrected chi connectivity index (χ2v) is 12.9. The predicted molar refractivity (Wildman–Crippen MR) is 165 cm³/mol. The number of carbonyl (C=O) groups excluding carboxylic acids is 3. The number of nitrogens with two attached hydrogens (primary N) is 1. The summed E-state index contributed by atoms with van der Waals surface area (Å²) in [7, 11) is 3.62. The van der Waals surface area contributed by atoms with E-state index in [1.165, 1.54) is 5.56 Å². The van der Waals surface area contributed by atoms with Crippen molar-refractivity contribution in [2.75, 3.05) is 33.7 Å². The highest BCUT2D eigenvalue weighted by Gasteiger charge is 2.49. The number of rotatable bonds is 7. The van der Waals surface area contributed by atoms with E-state index >= 15 is 0 Å². The van der Waals surface area contributed by atoms with Crippen molar-refractivity contribution in [1.82, 2.24) is 25.4 Å². The van der Waals surface area contributed by atoms with Crippen molar-refractivity contribution < 1.29 is 14.4 Å². The molecule has 0 bridgehead atoms. The summed E-state index contributed by atoms with van der Waals surface area (Å²) in [6.45, 7) is 7.08. The first kappa shape index (κ1) is 29.6. The molecule has 2 heterocycles. The lowest BCUT2D eigenvalue weighted by Gasteiger charge is -2.42. The van der Waals surface area contributed by atoms with E-state index in [-0.39, 0.29) is 35.6 Å². The number of hydrogen-bond donors (Lipinski definition) is 4. The topological polar surface area (TPSA) is 124 Å². The van der Waals surface area contributed by atoms with E-state index in [1.807, 2.05) is 82.4 Å². The minimum absolute atomic E-state index is 0.101. The summed E-state index contributed by atoms with van der Waals surface area (Å²) < 4.78 is 0. The van der Waals surface area contributed by atoms with Crippen LogP contribution >= 0.6 is 0 Å². The molecule has 1 spiro atoms. The summed E-state index contributed by atoms with van der Waals surface area (Å²) in [5.41, 5.74) is 9.41. The molecule has 9 heteroatoms. The SMILES string of the molecule is CC(c1c[nH]c2ccccc12)C(NC(=O)NC(C)(C)CN)C(=O)N1CCC2(CC1)C[C@@H](C(=O)N(C)C)c1ccccc12. The number of nitrogens with zero attached hydrogens (tertiary/aromatic N) is 2. The quantitative estimate of drug-likeness (QED) is 0.344. The van der Waals surface area contributed by atoms with Gasteiger partial charge in [0.15, 0.2) is 0 Å². The summed E-state index contributed by atoms with van der Waals surface area (Å²) in [4.78, 5) is 47.4. The van der Waals surface area contributed by atoms with Gasteiger partial charge in [-0.15, -0.1) is 0 Å². The van der Waals surface area contributed by atoms with Crippen molar-refractivity contribution in [2.24, 2.45) is 5.73 Å². The van der Waals surface area contributed by atoms with Gasteiger partial charge < -0.3 is 31.2 Å². The molecule has 5 rings (SSSR count). The van der Waals surface area contributed by atoms with E-state index in [4.69, 9.17) is 5.73 Å². The van der Waals surface area contributed by atoms with Crippen molar-refractivity contribution in [1.29, 1.82) is 0 Å². The summed E-state index contributed by atoms with van der Waals surface area (Å²) in [6, 6.07) is 15.1. The van der Waals surface area contributed by atoms with E-state index < -0.39 is 17.6 Å². The first-order valence-corrected chi connectivity index (χ1v) is 14.9. The molecule has 2 unspecified atom stereocenters. The van der Waals surface area contributed by atoms with Crippen LogP contribution in [0.5, 0.6) is 0 Å². The Morgan fingerprint density at radius 1 is 1.10 bits per heavy atom. The maximum absolute atomic E-state index is 14.2. The molecular formula is C33H44N6O3. The third-order valence-corrected chi connectivity index (χ3v) is 9.40. The van der Waals surface area contributed by atoms with Crippen LogP contribution in [0, 0.1) is 0 Å². The molecule has 1 saturated heterocycles. The molecule has 42 heavy (non-hydrogen) atoms. The van der Waals surface area contributed by atoms with Crippen molar-refractivity contribution in [2.45, 2.75) is 68.9 Å². The number of H-pyrrole nitrogens is 1. The molecule has 0 saturated carbocycles. The Labute approximate surface area is 248 Å². The number of carbonyl (C=O) groups is 3. The van der Waals surface area contributed by atoms with Crippen LogP contribution in [0.25, 0.3) is 10.9 Å². The minimum Gasteiger partial charge on any atom is -0.361 e. The number of likely N-dealkylation sites (N-methyl/N-ethyl adjacent to an activating group) is 1. The number of hydrogen-bond acceptors (Lipinski definition) is 4. The molecule has 4 amide bonds. The third-order valence-electron chi connectivity index (χ3n) is 9.40. The number of benzene rings is 2. The molecule has 1 aliphatic carbocycles. The fourth-order valence-corrected chi connectivity index (χ4v) is 6.84. The van der Waals surface area contributed by atoms with Gasteiger partial charge in [-0.1, -0.05) is 49.4 Å². The molecule has 3 aromatic rings. The third kappa shape index (κ3) is 5.50. The summed E-state index contributed by atoms with van der Waals surface area (Å²) in [5, 5.41) is 6.96. The van der Waals surface area contributed by atoms with E-state index in [0.29, 0.717) is 13.1 Å². The van der Waals surface area contributed by atoms with E-state index in [9.17, 15) is 14.4 Å². The van der Waals surface area contributed by atoms with Crippen LogP contribution in [0.4, 0.5) is 4.79 Å². The molecule has 9 nitrogen and oxygen atoms in total. The van der Waals surface area contributed by atoms with E-state index in [0.717, 1.165) is 41.3 Å². The largest absolute Gasteiger partial charge is 0.361 e. The number of fused-ring (bicyclic) bond motifs is 3. The van der Waals surface area contributed by atoms with Crippen LogP contribution in [0.1, 0.15) is 68.6 Å². The van der Waals surface area contributed by atoms with Gasteiger partial charge in [0.05, 0.1) is 5.92 Å². The Kier molecular flexibility index (Phi) is 8.07. The number of likely N-dealkylation sites (tertiary alicyclic amines) is 1. The first-order chi connectivity index (χ1) is 20.0. The molecule has 2 aliphatic rings. The van der Waals surface area contributed by atoms with E-state index in [1.54, 1.807) is 4.90 Å². The Morgan fingerprint density at radius 3 is 2.45 bits per heavy atom. The van der Waals surface area contributed by atoms with Gasteiger partial charge in [-0.3, -0.25) is 9.59 Å². The molecular weight excluding hydrogens is 528 g/mol. The number of amides is 4. The molecule has 1 aromatic heterocycles. The van der Waals surface area contributed by atoms with Crippen LogP contribution in [0.2, 0.25) is 0 Å². The standard InChI is InChI=1S/C33H44N6O3/c1-21(25-19-35-27-13-9-7-11-23(25)27)28(36-31(42)37-32(2,3)20-34)30(41)39-16-14-33(15-17-39)18-24(29(40)38(4)5)22-10-6-8-12-26(22)33/h6-13,19,21,24,28,35H,14-18,20,34H2,1-5H3,(H2,36,37,42)/t21?,24-,28?/m1/s1. The maximum atomic E-state index is 14.2. The zero-order chi connectivity index (χ0) is 30.2. The average Bonchev–Trinajstić information content (AvgIpc) is 3.55. The van der Waals surface area contributed by atoms with Crippen molar-refractivity contribution in [3.8, 4) is 0 Å². The highest BCUT2D eigenvalue weighted by molar-refractivity contribution is 5.91. The molecule has 1 fully saturated rings. The van der Waals surface area contributed by atoms with Crippen LogP contribution in [-0.4, -0.2) is 77.9 Å². The lowest BCUT2D eigenvalue weighted by molar-refractivity contribution is -0.136. The van der Waals surface area contributed by atoms with Crippen LogP contribution in [-0.2, 0) is 15.0 Å². The smallest absolute Gasteiger partial charge is 0.315 e. The summed E-state index contributed by atoms with van der Waals surface area (Å²) in [6.07, 6.45) is 4.23. The van der Waals surface area contributed by atoms with Gasteiger partial charge in [-0.25, -0.2) is 4.79 Å². The minimum atomic E-state index is -0.772. The van der Waals surface area contributed by atoms with Gasteiger partial charge in [0, 0.05) is 67.7 Å². The van der Waals surface area contributed by atoms with Gasteiger partial charge in [-0.2, -0.15) is 0 Å². The van der Waals surface area contributed by atoms with Crippen LogP contribution in [0.15, 0.2) is 54.7 Å². The first-order valence-electron chi connectivity index (χ1n) is 14.9. The van der Waals surface area contributed by atoms with Crippen LogP contribution in [0.3, 0.4) is 0 Å². The average molecular weight is 573 g/mol. The fourth-order valence-electron chi connectivity index (χ4n) is 6.84.